The number of benzene rings is 1. The number of rotatable bonds is 7. The van der Waals surface area contributed by atoms with E-state index in [1.807, 2.05) is 10.6 Å². The van der Waals surface area contributed by atoms with Crippen molar-refractivity contribution in [3.8, 4) is 0 Å². The monoisotopic (exact) mass is 456 g/mol. The molecule has 11 heteroatoms. The number of aromatic nitrogens is 3. The molecule has 4 rings (SSSR count). The molecule has 1 aliphatic carbocycles. The Bertz CT molecular complexity index is 1050. The molecule has 30 heavy (non-hydrogen) atoms. The Morgan fingerprint density at radius 2 is 2.07 bits per heavy atom. The molecule has 3 aromatic rings. The molecule has 1 aliphatic rings. The number of carbonyl (C=O) groups excluding carboxylic acids is 1. The number of halogens is 4. The minimum Gasteiger partial charge on any atom is -0.467 e. The van der Waals surface area contributed by atoms with Gasteiger partial charge in [0.1, 0.15) is 11.6 Å². The van der Waals surface area contributed by atoms with E-state index >= 15 is 0 Å². The normalized spacial score (nSPS) is 14.1. The van der Waals surface area contributed by atoms with E-state index in [-0.39, 0.29) is 10.8 Å². The molecule has 2 heterocycles. The Morgan fingerprint density at radius 3 is 2.73 bits per heavy atom. The lowest BCUT2D eigenvalue weighted by atomic mass is 10.1. The van der Waals surface area contributed by atoms with E-state index in [0.717, 1.165) is 36.5 Å². The number of carbonyl (C=O) groups is 1. The molecule has 1 fully saturated rings. The Kier molecular flexibility index (Phi) is 5.79. The van der Waals surface area contributed by atoms with E-state index in [2.05, 4.69) is 15.5 Å². The molecule has 1 amide bonds. The summed E-state index contributed by atoms with van der Waals surface area (Å²) in [5.41, 5.74) is -1.45. The van der Waals surface area contributed by atoms with Gasteiger partial charge in [0, 0.05) is 5.92 Å². The first-order chi connectivity index (χ1) is 14.3. The van der Waals surface area contributed by atoms with E-state index in [9.17, 15) is 18.0 Å². The van der Waals surface area contributed by atoms with Gasteiger partial charge in [-0.1, -0.05) is 29.4 Å². The van der Waals surface area contributed by atoms with Gasteiger partial charge in [0.25, 0.3) is 0 Å². The summed E-state index contributed by atoms with van der Waals surface area (Å²) >= 11 is 6.98. The maximum atomic E-state index is 13.2. The second kappa shape index (κ2) is 8.35. The molecule has 0 bridgehead atoms. The van der Waals surface area contributed by atoms with Gasteiger partial charge in [0.05, 0.1) is 34.8 Å². The van der Waals surface area contributed by atoms with Crippen LogP contribution in [0.4, 0.5) is 18.9 Å². The summed E-state index contributed by atoms with van der Waals surface area (Å²) in [6.45, 7) is 0.415. The van der Waals surface area contributed by atoms with Crippen LogP contribution in [-0.2, 0) is 17.5 Å². The molecule has 2 aromatic heterocycles. The molecule has 0 spiro atoms. The summed E-state index contributed by atoms with van der Waals surface area (Å²) in [5.74, 6) is 1.09. The lowest BCUT2D eigenvalue weighted by molar-refractivity contribution is -0.137. The third kappa shape index (κ3) is 4.65. The summed E-state index contributed by atoms with van der Waals surface area (Å²) < 4.78 is 46.9. The van der Waals surface area contributed by atoms with Crippen LogP contribution in [0.1, 0.15) is 35.9 Å². The third-order valence-electron chi connectivity index (χ3n) is 4.50. The van der Waals surface area contributed by atoms with Crippen molar-refractivity contribution in [2.75, 3.05) is 11.1 Å². The number of hydrogen-bond acceptors (Lipinski definition) is 5. The molecule has 0 atom stereocenters. The molecule has 158 valence electrons. The lowest BCUT2D eigenvalue weighted by Gasteiger charge is -2.15. The predicted octanol–water partition coefficient (Wildman–Crippen LogP) is 5.20. The zero-order valence-electron chi connectivity index (χ0n) is 15.4. The zero-order chi connectivity index (χ0) is 21.3. The van der Waals surface area contributed by atoms with Crippen LogP contribution in [0.25, 0.3) is 0 Å². The Morgan fingerprint density at radius 1 is 1.27 bits per heavy atom. The van der Waals surface area contributed by atoms with Crippen LogP contribution >= 0.6 is 23.4 Å². The number of thioether (sulfide) groups is 1. The van der Waals surface area contributed by atoms with Gasteiger partial charge in [-0.25, -0.2) is 0 Å². The maximum absolute atomic E-state index is 13.2. The van der Waals surface area contributed by atoms with Crippen LogP contribution in [0.3, 0.4) is 0 Å². The minimum atomic E-state index is -4.64. The van der Waals surface area contributed by atoms with Crippen molar-refractivity contribution in [1.82, 2.24) is 14.8 Å². The molecule has 0 unspecified atom stereocenters. The van der Waals surface area contributed by atoms with Crippen LogP contribution in [0.2, 0.25) is 5.02 Å². The van der Waals surface area contributed by atoms with Crippen LogP contribution in [0.5, 0.6) is 0 Å². The van der Waals surface area contributed by atoms with Crippen molar-refractivity contribution in [1.29, 1.82) is 0 Å². The Hall–Kier alpha value is -2.46. The molecule has 6 nitrogen and oxygen atoms in total. The highest BCUT2D eigenvalue weighted by atomic mass is 35.5. The summed E-state index contributed by atoms with van der Waals surface area (Å²) in [4.78, 5) is 12.4. The van der Waals surface area contributed by atoms with E-state index in [0.29, 0.717) is 23.4 Å². The molecule has 1 saturated carbocycles. The summed E-state index contributed by atoms with van der Waals surface area (Å²) in [6.07, 6.45) is -1.02. The van der Waals surface area contributed by atoms with Crippen molar-refractivity contribution in [2.45, 2.75) is 36.6 Å². The van der Waals surface area contributed by atoms with Gasteiger partial charge >= 0.3 is 6.18 Å². The summed E-state index contributed by atoms with van der Waals surface area (Å²) in [6, 6.07) is 6.95. The lowest BCUT2D eigenvalue weighted by Crippen LogP contribution is -2.19. The second-order valence-corrected chi connectivity index (χ2v) is 8.13. The van der Waals surface area contributed by atoms with Gasteiger partial charge in [0.15, 0.2) is 5.16 Å². The van der Waals surface area contributed by atoms with Gasteiger partial charge in [-0.05, 0) is 37.1 Å². The quantitative estimate of drug-likeness (QED) is 0.495. The predicted molar refractivity (Wildman–Crippen MR) is 106 cm³/mol. The second-order valence-electron chi connectivity index (χ2n) is 6.78. The largest absolute Gasteiger partial charge is 0.467 e. The maximum Gasteiger partial charge on any atom is 0.418 e. The molecule has 0 saturated heterocycles. The van der Waals surface area contributed by atoms with E-state index in [4.69, 9.17) is 16.0 Å². The van der Waals surface area contributed by atoms with Crippen LogP contribution < -0.4 is 5.32 Å². The zero-order valence-corrected chi connectivity index (χ0v) is 17.0. The molecule has 1 N–H and O–H groups in total. The molecule has 0 aliphatic heterocycles. The standard InChI is InChI=1S/C19H16ClF3N4O2S/c20-14-5-1-4-13(19(21,22)23)16(14)24-15(28)10-30-18-26-25-17(11-6-7-11)27(18)9-12-3-2-8-29-12/h1-5,8,11H,6-7,9-10H2,(H,24,28). The highest BCUT2D eigenvalue weighted by Gasteiger charge is 2.35. The molecular weight excluding hydrogens is 441 g/mol. The number of nitrogens with one attached hydrogen (secondary N) is 1. The van der Waals surface area contributed by atoms with Gasteiger partial charge in [-0.3, -0.25) is 9.36 Å². The highest BCUT2D eigenvalue weighted by molar-refractivity contribution is 7.99. The van der Waals surface area contributed by atoms with E-state index in [1.165, 1.54) is 12.1 Å². The summed E-state index contributed by atoms with van der Waals surface area (Å²) in [7, 11) is 0. The fraction of sp³-hybridized carbons (Fsp3) is 0.316. The van der Waals surface area contributed by atoms with Gasteiger partial charge in [-0.15, -0.1) is 10.2 Å². The number of furan rings is 1. The SMILES string of the molecule is O=C(CSc1nnc(C2CC2)n1Cc1ccco1)Nc1c(Cl)cccc1C(F)(F)F. The number of nitrogens with zero attached hydrogens (tertiary/aromatic N) is 3. The van der Waals surface area contributed by atoms with Crippen molar-refractivity contribution in [3.05, 3.63) is 58.8 Å². The van der Waals surface area contributed by atoms with Crippen LogP contribution in [0, 0.1) is 0 Å². The van der Waals surface area contributed by atoms with Gasteiger partial charge < -0.3 is 9.73 Å². The van der Waals surface area contributed by atoms with Gasteiger partial charge in [-0.2, -0.15) is 13.2 Å². The number of alkyl halides is 3. The highest BCUT2D eigenvalue weighted by Crippen LogP contribution is 2.41. The average molecular weight is 457 g/mol. The average Bonchev–Trinajstić information content (AvgIpc) is 3.25. The number of anilines is 1. The topological polar surface area (TPSA) is 73.0 Å². The van der Waals surface area contributed by atoms with Gasteiger partial charge in [0.2, 0.25) is 5.91 Å². The smallest absolute Gasteiger partial charge is 0.418 e. The molecule has 0 radical (unpaired) electrons. The first-order valence-corrected chi connectivity index (χ1v) is 10.4. The van der Waals surface area contributed by atoms with E-state index < -0.39 is 23.3 Å². The third-order valence-corrected chi connectivity index (χ3v) is 5.78. The fourth-order valence-corrected chi connectivity index (χ4v) is 3.92. The van der Waals surface area contributed by atoms with Crippen molar-refractivity contribution >= 4 is 35.0 Å². The molecular formula is C19H16ClF3N4O2S. The number of amides is 1. The van der Waals surface area contributed by atoms with Crippen molar-refractivity contribution < 1.29 is 22.4 Å². The number of hydrogen-bond donors (Lipinski definition) is 1. The van der Waals surface area contributed by atoms with Crippen molar-refractivity contribution in [2.24, 2.45) is 0 Å². The summed E-state index contributed by atoms with van der Waals surface area (Å²) in [5, 5.41) is 11.0. The Balaban J connectivity index is 1.48. The first kappa shape index (κ1) is 20.8. The van der Waals surface area contributed by atoms with Crippen LogP contribution in [-0.4, -0.2) is 26.4 Å². The first-order valence-electron chi connectivity index (χ1n) is 9.06. The van der Waals surface area contributed by atoms with Crippen molar-refractivity contribution in [3.63, 3.8) is 0 Å². The fourth-order valence-electron chi connectivity index (χ4n) is 2.95. The van der Waals surface area contributed by atoms with Crippen LogP contribution in [0.15, 0.2) is 46.2 Å². The minimum absolute atomic E-state index is 0.149. The Labute approximate surface area is 178 Å². The molecule has 1 aromatic carbocycles. The van der Waals surface area contributed by atoms with E-state index in [1.54, 1.807) is 12.3 Å². The number of para-hydroxylation sites is 1.